The highest BCUT2D eigenvalue weighted by molar-refractivity contribution is 6.14. The van der Waals surface area contributed by atoms with Crippen molar-refractivity contribution in [3.05, 3.63) is 90.8 Å². The maximum Gasteiger partial charge on any atom is 0.331 e. The Hall–Kier alpha value is -3.93. The average Bonchev–Trinajstić information content (AvgIpc) is 2.77. The fraction of sp³-hybridized carbons (Fsp3) is 0.160. The number of carboxylic acids is 1. The number of carbonyl (C=O) groups is 2. The lowest BCUT2D eigenvalue weighted by molar-refractivity contribution is -0.137. The van der Waals surface area contributed by atoms with E-state index in [-0.39, 0.29) is 5.92 Å². The number of rotatable bonds is 7. The second-order valence-electron chi connectivity index (χ2n) is 7.49. The Kier molecular flexibility index (Phi) is 6.50. The van der Waals surface area contributed by atoms with Crippen LogP contribution in [0.15, 0.2) is 85.2 Å². The van der Waals surface area contributed by atoms with Gasteiger partial charge in [0.05, 0.1) is 11.9 Å². The van der Waals surface area contributed by atoms with Gasteiger partial charge in [-0.25, -0.2) is 4.79 Å². The number of carboxylic acid groups (broad SMARTS) is 1. The summed E-state index contributed by atoms with van der Waals surface area (Å²) in [7, 11) is 0. The third-order valence-electron chi connectivity index (χ3n) is 5.12. The molecule has 6 nitrogen and oxygen atoms in total. The fourth-order valence-corrected chi connectivity index (χ4v) is 3.44. The molecule has 1 aromatic heterocycles. The predicted octanol–water partition coefficient (Wildman–Crippen LogP) is 4.64. The van der Waals surface area contributed by atoms with E-state index in [4.69, 9.17) is 5.73 Å². The second kappa shape index (κ2) is 9.26. The van der Waals surface area contributed by atoms with Gasteiger partial charge in [0, 0.05) is 23.0 Å². The van der Waals surface area contributed by atoms with Crippen LogP contribution in [0, 0.1) is 5.92 Å². The van der Waals surface area contributed by atoms with Gasteiger partial charge in [-0.15, -0.1) is 0 Å². The number of carbonyl (C=O) groups excluding carboxylic acids is 1. The number of nitrogens with two attached hydrogens (primary N) is 1. The predicted molar refractivity (Wildman–Crippen MR) is 123 cm³/mol. The summed E-state index contributed by atoms with van der Waals surface area (Å²) in [6.45, 7) is 7.67. The van der Waals surface area contributed by atoms with Gasteiger partial charge >= 0.3 is 5.97 Å². The molecular weight excluding hydrogens is 390 g/mol. The number of pyridine rings is 1. The minimum absolute atomic E-state index is 0.150. The molecule has 6 heteroatoms. The molecule has 3 N–H and O–H groups in total. The van der Waals surface area contributed by atoms with E-state index in [2.05, 4.69) is 11.6 Å². The molecule has 1 heterocycles. The van der Waals surface area contributed by atoms with Crippen LogP contribution in [0.5, 0.6) is 0 Å². The van der Waals surface area contributed by atoms with Crippen molar-refractivity contribution >= 4 is 23.3 Å². The molecule has 0 radical (unpaired) electrons. The Morgan fingerprint density at radius 2 is 1.74 bits per heavy atom. The summed E-state index contributed by atoms with van der Waals surface area (Å²) >= 11 is 0. The third-order valence-corrected chi connectivity index (χ3v) is 5.12. The highest BCUT2D eigenvalue weighted by Gasteiger charge is 2.36. The van der Waals surface area contributed by atoms with E-state index in [0.717, 1.165) is 5.56 Å². The van der Waals surface area contributed by atoms with Crippen molar-refractivity contribution in [3.63, 3.8) is 0 Å². The summed E-state index contributed by atoms with van der Waals surface area (Å²) in [6, 6.07) is 16.4. The lowest BCUT2D eigenvalue weighted by Crippen LogP contribution is -2.47. The maximum absolute atomic E-state index is 13.9. The number of aliphatic carboxylic acids is 1. The summed E-state index contributed by atoms with van der Waals surface area (Å²) in [5, 5.41) is 10.1. The smallest absolute Gasteiger partial charge is 0.331 e. The lowest BCUT2D eigenvalue weighted by Gasteiger charge is -2.32. The molecule has 0 aliphatic rings. The van der Waals surface area contributed by atoms with Crippen LogP contribution in [0.2, 0.25) is 0 Å². The molecule has 0 saturated carbocycles. The van der Waals surface area contributed by atoms with Gasteiger partial charge in [0.25, 0.3) is 5.91 Å². The first-order valence-corrected chi connectivity index (χ1v) is 9.92. The van der Waals surface area contributed by atoms with Crippen LogP contribution in [0.4, 0.5) is 11.4 Å². The first-order chi connectivity index (χ1) is 14.8. The molecule has 0 saturated heterocycles. The first-order valence-electron chi connectivity index (χ1n) is 9.92. The van der Waals surface area contributed by atoms with Crippen molar-refractivity contribution in [1.29, 1.82) is 0 Å². The molecule has 158 valence electrons. The Labute approximate surface area is 181 Å². The van der Waals surface area contributed by atoms with E-state index < -0.39 is 17.9 Å². The zero-order valence-electron chi connectivity index (χ0n) is 17.5. The highest BCUT2D eigenvalue weighted by Crippen LogP contribution is 2.33. The molecule has 1 amide bonds. The lowest BCUT2D eigenvalue weighted by atomic mass is 9.93. The molecule has 0 spiro atoms. The average molecular weight is 415 g/mol. The van der Waals surface area contributed by atoms with E-state index in [1.165, 1.54) is 11.1 Å². The van der Waals surface area contributed by atoms with Crippen molar-refractivity contribution in [2.24, 2.45) is 5.92 Å². The summed E-state index contributed by atoms with van der Waals surface area (Å²) in [6.07, 6.45) is 3.03. The van der Waals surface area contributed by atoms with Crippen LogP contribution < -0.4 is 10.6 Å². The Morgan fingerprint density at radius 3 is 2.32 bits per heavy atom. The Bertz CT molecular complexity index is 1100. The van der Waals surface area contributed by atoms with Crippen molar-refractivity contribution in [3.8, 4) is 11.1 Å². The zero-order valence-corrected chi connectivity index (χ0v) is 17.5. The van der Waals surface area contributed by atoms with Crippen molar-refractivity contribution < 1.29 is 14.7 Å². The number of nitrogen functional groups attached to an aromatic ring is 1. The van der Waals surface area contributed by atoms with Gasteiger partial charge in [0.1, 0.15) is 0 Å². The molecule has 3 aromatic rings. The van der Waals surface area contributed by atoms with Crippen LogP contribution in [-0.4, -0.2) is 28.0 Å². The Morgan fingerprint density at radius 1 is 1.03 bits per heavy atom. The summed E-state index contributed by atoms with van der Waals surface area (Å²) in [4.78, 5) is 31.5. The number of hydrogen-bond acceptors (Lipinski definition) is 4. The second-order valence-corrected chi connectivity index (χ2v) is 7.49. The number of nitrogens with zero attached hydrogens (tertiary/aromatic N) is 2. The van der Waals surface area contributed by atoms with E-state index >= 15 is 0 Å². The monoisotopic (exact) mass is 415 g/mol. The summed E-state index contributed by atoms with van der Waals surface area (Å²) in [5.74, 6) is -1.81. The maximum atomic E-state index is 13.9. The normalized spacial score (nSPS) is 11.7. The van der Waals surface area contributed by atoms with Crippen LogP contribution in [0.3, 0.4) is 0 Å². The zero-order chi connectivity index (χ0) is 22.5. The number of anilines is 2. The molecule has 0 aliphatic carbocycles. The van der Waals surface area contributed by atoms with E-state index in [9.17, 15) is 14.7 Å². The van der Waals surface area contributed by atoms with Gasteiger partial charge in [-0.1, -0.05) is 56.8 Å². The first kappa shape index (κ1) is 21.8. The number of benzene rings is 2. The van der Waals surface area contributed by atoms with Gasteiger partial charge in [-0.2, -0.15) is 0 Å². The van der Waals surface area contributed by atoms with Gasteiger partial charge in [0.2, 0.25) is 0 Å². The molecule has 0 unspecified atom stereocenters. The van der Waals surface area contributed by atoms with Crippen molar-refractivity contribution in [2.75, 3.05) is 10.6 Å². The van der Waals surface area contributed by atoms with Gasteiger partial charge in [-0.3, -0.25) is 14.7 Å². The molecule has 1 atom stereocenters. The van der Waals surface area contributed by atoms with Gasteiger partial charge < -0.3 is 10.8 Å². The van der Waals surface area contributed by atoms with Gasteiger partial charge in [-0.05, 0) is 41.3 Å². The number of amides is 1. The largest absolute Gasteiger partial charge is 0.479 e. The minimum atomic E-state index is -1.26. The SMILES string of the molecule is C=C(C(C)C)[C@@H](C(=O)O)N(C(=O)c1cccc(N)c1-c1ccccc1)c1cccnc1. The van der Waals surface area contributed by atoms with Gasteiger partial charge in [0.15, 0.2) is 6.04 Å². The molecule has 0 fully saturated rings. The molecule has 0 bridgehead atoms. The molecule has 31 heavy (non-hydrogen) atoms. The van der Waals surface area contributed by atoms with Crippen LogP contribution in [0.1, 0.15) is 24.2 Å². The van der Waals surface area contributed by atoms with E-state index in [0.29, 0.717) is 28.1 Å². The molecule has 2 aromatic carbocycles. The van der Waals surface area contributed by atoms with E-state index in [1.807, 2.05) is 44.2 Å². The third kappa shape index (κ3) is 4.48. The molecule has 0 aliphatic heterocycles. The van der Waals surface area contributed by atoms with Crippen molar-refractivity contribution in [1.82, 2.24) is 4.98 Å². The highest BCUT2D eigenvalue weighted by atomic mass is 16.4. The molecular formula is C25H25N3O3. The fourth-order valence-electron chi connectivity index (χ4n) is 3.44. The van der Waals surface area contributed by atoms with E-state index in [1.54, 1.807) is 36.5 Å². The van der Waals surface area contributed by atoms with Crippen molar-refractivity contribution in [2.45, 2.75) is 19.9 Å². The quantitative estimate of drug-likeness (QED) is 0.433. The standard InChI is InChI=1S/C25H25N3O3/c1-16(2)17(3)23(25(30)31)28(19-11-8-14-27-15-19)24(29)20-12-7-13-21(26)22(20)18-9-5-4-6-10-18/h4-16,23H,3,26H2,1-2H3,(H,30,31)/t23-/m0/s1. The number of aromatic nitrogens is 1. The topological polar surface area (TPSA) is 96.5 Å². The Balaban J connectivity index is 2.23. The molecule has 3 rings (SSSR count). The summed E-state index contributed by atoms with van der Waals surface area (Å²) in [5.41, 5.74) is 9.09. The van der Waals surface area contributed by atoms with Crippen LogP contribution >= 0.6 is 0 Å². The number of hydrogen-bond donors (Lipinski definition) is 2. The minimum Gasteiger partial charge on any atom is -0.479 e. The van der Waals surface area contributed by atoms with Crippen LogP contribution in [-0.2, 0) is 4.79 Å². The van der Waals surface area contributed by atoms with Crippen LogP contribution in [0.25, 0.3) is 11.1 Å². The summed E-state index contributed by atoms with van der Waals surface area (Å²) < 4.78 is 0.